The van der Waals surface area contributed by atoms with Gasteiger partial charge in [-0.1, -0.05) is 50.1 Å². The van der Waals surface area contributed by atoms with Crippen molar-refractivity contribution in [3.8, 4) is 0 Å². The van der Waals surface area contributed by atoms with Crippen LogP contribution >= 0.6 is 0 Å². The van der Waals surface area contributed by atoms with Gasteiger partial charge in [-0.15, -0.1) is 0 Å². The molecule has 2 unspecified atom stereocenters. The molecular weight excluding hydrogens is 280 g/mol. The monoisotopic (exact) mass is 316 g/mol. The molecular formula is C21H36N2. The highest BCUT2D eigenvalue weighted by molar-refractivity contribution is 5.25. The van der Waals surface area contributed by atoms with Crippen LogP contribution in [0, 0.1) is 12.8 Å². The molecule has 0 saturated carbocycles. The van der Waals surface area contributed by atoms with Crippen LogP contribution in [0.25, 0.3) is 0 Å². The third kappa shape index (κ3) is 5.06. The van der Waals surface area contributed by atoms with Gasteiger partial charge in [0.15, 0.2) is 0 Å². The van der Waals surface area contributed by atoms with Gasteiger partial charge >= 0.3 is 0 Å². The number of piperidine rings is 1. The van der Waals surface area contributed by atoms with E-state index in [4.69, 9.17) is 0 Å². The fraction of sp³-hybridized carbons (Fsp3) is 0.714. The molecule has 1 fully saturated rings. The minimum absolute atomic E-state index is 0.766. The van der Waals surface area contributed by atoms with Gasteiger partial charge in [-0.25, -0.2) is 0 Å². The topological polar surface area (TPSA) is 15.3 Å². The summed E-state index contributed by atoms with van der Waals surface area (Å²) in [5, 5.41) is 3.33. The Hall–Kier alpha value is -0.860. The van der Waals surface area contributed by atoms with E-state index in [-0.39, 0.29) is 0 Å². The fourth-order valence-corrected chi connectivity index (χ4v) is 4.29. The van der Waals surface area contributed by atoms with Gasteiger partial charge in [0.05, 0.1) is 0 Å². The van der Waals surface area contributed by atoms with Gasteiger partial charge < -0.3 is 10.2 Å². The van der Waals surface area contributed by atoms with Crippen LogP contribution in [0.15, 0.2) is 24.3 Å². The summed E-state index contributed by atoms with van der Waals surface area (Å²) < 4.78 is 0. The maximum Gasteiger partial charge on any atom is 0.0121 e. The first-order chi connectivity index (χ1) is 11.2. The molecule has 1 aromatic carbocycles. The highest BCUT2D eigenvalue weighted by Gasteiger charge is 2.28. The molecule has 1 heterocycles. The highest BCUT2D eigenvalue weighted by Crippen LogP contribution is 2.32. The number of nitrogens with zero attached hydrogens (tertiary/aromatic N) is 1. The van der Waals surface area contributed by atoms with E-state index in [2.05, 4.69) is 62.3 Å². The van der Waals surface area contributed by atoms with Crippen molar-refractivity contribution >= 4 is 0 Å². The standard InChI is InChI=1S/C21H36N2/c1-5-18(11-14-22-4)21(6-2)23-15-12-20(13-16-23)19-9-7-17(3)8-10-19/h7-10,18,20-22H,5-6,11-16H2,1-4H3. The normalized spacial score (nSPS) is 19.7. The molecule has 23 heavy (non-hydrogen) atoms. The van der Waals surface area contributed by atoms with E-state index in [1.807, 2.05) is 0 Å². The predicted molar refractivity (Wildman–Crippen MR) is 101 cm³/mol. The number of likely N-dealkylation sites (tertiary alicyclic amines) is 1. The van der Waals surface area contributed by atoms with Crippen LogP contribution in [0.2, 0.25) is 0 Å². The number of hydrogen-bond donors (Lipinski definition) is 1. The number of hydrogen-bond acceptors (Lipinski definition) is 2. The molecule has 1 aromatic rings. The Morgan fingerprint density at radius 3 is 2.26 bits per heavy atom. The van der Waals surface area contributed by atoms with Crippen LogP contribution in [0.4, 0.5) is 0 Å². The lowest BCUT2D eigenvalue weighted by Crippen LogP contribution is -2.45. The molecule has 0 amide bonds. The summed E-state index contributed by atoms with van der Waals surface area (Å²) in [6.45, 7) is 10.6. The fourth-order valence-electron chi connectivity index (χ4n) is 4.29. The maximum absolute atomic E-state index is 3.33. The van der Waals surface area contributed by atoms with Crippen LogP contribution < -0.4 is 5.32 Å². The quantitative estimate of drug-likeness (QED) is 0.754. The Labute approximate surface area is 143 Å². The van der Waals surface area contributed by atoms with Gasteiger partial charge in [0.25, 0.3) is 0 Å². The predicted octanol–water partition coefficient (Wildman–Crippen LogP) is 4.59. The Kier molecular flexibility index (Phi) is 7.58. The van der Waals surface area contributed by atoms with Gasteiger partial charge in [0.2, 0.25) is 0 Å². The van der Waals surface area contributed by atoms with Gasteiger partial charge in [-0.2, -0.15) is 0 Å². The van der Waals surface area contributed by atoms with Gasteiger partial charge in [0, 0.05) is 6.04 Å². The molecule has 0 radical (unpaired) electrons. The van der Waals surface area contributed by atoms with E-state index in [0.717, 1.165) is 24.4 Å². The smallest absolute Gasteiger partial charge is 0.0121 e. The second kappa shape index (κ2) is 9.44. The largest absolute Gasteiger partial charge is 0.320 e. The molecule has 1 saturated heterocycles. The molecule has 2 nitrogen and oxygen atoms in total. The average Bonchev–Trinajstić information content (AvgIpc) is 2.59. The first kappa shape index (κ1) is 18.5. The third-order valence-corrected chi connectivity index (χ3v) is 5.80. The molecule has 1 aliphatic heterocycles. The lowest BCUT2D eigenvalue weighted by Gasteiger charge is -2.41. The van der Waals surface area contributed by atoms with E-state index in [0.29, 0.717) is 0 Å². The third-order valence-electron chi connectivity index (χ3n) is 5.80. The van der Waals surface area contributed by atoms with Crippen molar-refractivity contribution in [2.75, 3.05) is 26.7 Å². The first-order valence-corrected chi connectivity index (χ1v) is 9.64. The maximum atomic E-state index is 3.33. The minimum Gasteiger partial charge on any atom is -0.320 e. The van der Waals surface area contributed by atoms with E-state index in [1.54, 1.807) is 5.56 Å². The van der Waals surface area contributed by atoms with Crippen molar-refractivity contribution in [1.82, 2.24) is 10.2 Å². The number of benzene rings is 1. The SMILES string of the molecule is CCC(CCNC)C(CC)N1CCC(c2ccc(C)cc2)CC1. The molecule has 130 valence electrons. The summed E-state index contributed by atoms with van der Waals surface area (Å²) in [7, 11) is 2.07. The van der Waals surface area contributed by atoms with E-state index >= 15 is 0 Å². The molecule has 2 atom stereocenters. The van der Waals surface area contributed by atoms with Crippen LogP contribution in [0.1, 0.15) is 63.0 Å². The minimum atomic E-state index is 0.766. The Morgan fingerprint density at radius 2 is 1.74 bits per heavy atom. The number of rotatable bonds is 8. The molecule has 0 aromatic heterocycles. The summed E-state index contributed by atoms with van der Waals surface area (Å²) in [5.41, 5.74) is 2.91. The molecule has 0 aliphatic carbocycles. The summed E-state index contributed by atoms with van der Waals surface area (Å²) in [5.74, 6) is 1.60. The van der Waals surface area contributed by atoms with Crippen LogP contribution in [-0.4, -0.2) is 37.6 Å². The van der Waals surface area contributed by atoms with Crippen LogP contribution in [0.3, 0.4) is 0 Å². The zero-order chi connectivity index (χ0) is 16.7. The Balaban J connectivity index is 1.91. The molecule has 2 heteroatoms. The van der Waals surface area contributed by atoms with Crippen molar-refractivity contribution in [3.05, 3.63) is 35.4 Å². The number of aryl methyl sites for hydroxylation is 1. The molecule has 1 aliphatic rings. The zero-order valence-electron chi connectivity index (χ0n) is 15.6. The van der Waals surface area contributed by atoms with E-state index in [9.17, 15) is 0 Å². The Bertz CT molecular complexity index is 432. The molecule has 2 rings (SSSR count). The Morgan fingerprint density at radius 1 is 1.09 bits per heavy atom. The number of nitrogens with one attached hydrogen (secondary N) is 1. The van der Waals surface area contributed by atoms with Crippen molar-refractivity contribution in [2.24, 2.45) is 5.92 Å². The molecule has 1 N–H and O–H groups in total. The van der Waals surface area contributed by atoms with Crippen molar-refractivity contribution in [1.29, 1.82) is 0 Å². The van der Waals surface area contributed by atoms with E-state index < -0.39 is 0 Å². The lowest BCUT2D eigenvalue weighted by molar-refractivity contribution is 0.0986. The summed E-state index contributed by atoms with van der Waals surface area (Å²) in [6.07, 6.45) is 6.54. The first-order valence-electron chi connectivity index (χ1n) is 9.64. The average molecular weight is 317 g/mol. The second-order valence-electron chi connectivity index (χ2n) is 7.26. The molecule has 0 spiro atoms. The van der Waals surface area contributed by atoms with Crippen LogP contribution in [-0.2, 0) is 0 Å². The van der Waals surface area contributed by atoms with Gasteiger partial charge in [-0.05, 0) is 76.7 Å². The van der Waals surface area contributed by atoms with Crippen LogP contribution in [0.5, 0.6) is 0 Å². The van der Waals surface area contributed by atoms with Gasteiger partial charge in [0.1, 0.15) is 0 Å². The lowest BCUT2D eigenvalue weighted by atomic mass is 9.85. The van der Waals surface area contributed by atoms with Crippen molar-refractivity contribution in [3.63, 3.8) is 0 Å². The highest BCUT2D eigenvalue weighted by atomic mass is 15.2. The van der Waals surface area contributed by atoms with Crippen molar-refractivity contribution < 1.29 is 0 Å². The molecule has 0 bridgehead atoms. The van der Waals surface area contributed by atoms with Crippen molar-refractivity contribution in [2.45, 2.75) is 64.8 Å². The summed E-state index contributed by atoms with van der Waals surface area (Å²) in [6, 6.07) is 9.99. The summed E-state index contributed by atoms with van der Waals surface area (Å²) >= 11 is 0. The van der Waals surface area contributed by atoms with Gasteiger partial charge in [-0.3, -0.25) is 0 Å². The summed E-state index contributed by atoms with van der Waals surface area (Å²) in [4.78, 5) is 2.79. The zero-order valence-corrected chi connectivity index (χ0v) is 15.6. The van der Waals surface area contributed by atoms with E-state index in [1.165, 1.54) is 50.8 Å². The second-order valence-corrected chi connectivity index (χ2v) is 7.26.